The summed E-state index contributed by atoms with van der Waals surface area (Å²) in [6, 6.07) is 8.96. The number of rotatable bonds is 3. The summed E-state index contributed by atoms with van der Waals surface area (Å²) in [7, 11) is 3.21. The maximum absolute atomic E-state index is 9.80. The van der Waals surface area contributed by atoms with Crippen molar-refractivity contribution in [2.24, 2.45) is 0 Å². The SMILES string of the molecule is COc1ccc([C@@H]2NCCc3cc(O)c(O)cc32)cc1OC. The summed E-state index contributed by atoms with van der Waals surface area (Å²) >= 11 is 0. The highest BCUT2D eigenvalue weighted by molar-refractivity contribution is 5.52. The minimum Gasteiger partial charge on any atom is -0.504 e. The Labute approximate surface area is 129 Å². The summed E-state index contributed by atoms with van der Waals surface area (Å²) in [5.74, 6) is 1.16. The smallest absolute Gasteiger partial charge is 0.161 e. The van der Waals surface area contributed by atoms with E-state index in [0.29, 0.717) is 11.5 Å². The number of fused-ring (bicyclic) bond motifs is 1. The Morgan fingerprint density at radius 1 is 1.00 bits per heavy atom. The molecule has 0 bridgehead atoms. The molecule has 0 aromatic heterocycles. The fourth-order valence-corrected chi connectivity index (χ4v) is 2.91. The molecule has 2 aromatic carbocycles. The molecule has 0 saturated heterocycles. The van der Waals surface area contributed by atoms with Gasteiger partial charge in [0.25, 0.3) is 0 Å². The van der Waals surface area contributed by atoms with Gasteiger partial charge in [-0.3, -0.25) is 0 Å². The molecule has 5 heteroatoms. The third-order valence-electron chi connectivity index (χ3n) is 4.03. The molecule has 116 valence electrons. The standard InChI is InChI=1S/C17H19NO4/c1-21-15-4-3-11(8-16(15)22-2)17-12-9-14(20)13(19)7-10(12)5-6-18-17/h3-4,7-9,17-20H,5-6H2,1-2H3/t17-/m0/s1. The highest BCUT2D eigenvalue weighted by Crippen LogP contribution is 2.38. The van der Waals surface area contributed by atoms with Crippen LogP contribution in [-0.4, -0.2) is 31.0 Å². The molecule has 5 nitrogen and oxygen atoms in total. The number of methoxy groups -OCH3 is 2. The van der Waals surface area contributed by atoms with Crippen LogP contribution in [0.2, 0.25) is 0 Å². The predicted molar refractivity (Wildman–Crippen MR) is 82.9 cm³/mol. The van der Waals surface area contributed by atoms with Gasteiger partial charge in [0.15, 0.2) is 23.0 Å². The van der Waals surface area contributed by atoms with Gasteiger partial charge in [-0.05, 0) is 47.4 Å². The zero-order valence-electron chi connectivity index (χ0n) is 12.6. The highest BCUT2D eigenvalue weighted by atomic mass is 16.5. The second-order valence-electron chi connectivity index (χ2n) is 5.29. The number of hydrogen-bond acceptors (Lipinski definition) is 5. The number of phenolic OH excluding ortho intramolecular Hbond substituents is 2. The normalized spacial score (nSPS) is 16.9. The Kier molecular flexibility index (Phi) is 3.81. The lowest BCUT2D eigenvalue weighted by Crippen LogP contribution is -2.30. The number of nitrogens with one attached hydrogen (secondary N) is 1. The van der Waals surface area contributed by atoms with E-state index < -0.39 is 0 Å². The molecule has 1 aliphatic heterocycles. The van der Waals surface area contributed by atoms with Crippen molar-refractivity contribution in [1.82, 2.24) is 5.32 Å². The van der Waals surface area contributed by atoms with Crippen molar-refractivity contribution < 1.29 is 19.7 Å². The number of aromatic hydroxyl groups is 2. The Morgan fingerprint density at radius 2 is 1.73 bits per heavy atom. The predicted octanol–water partition coefficient (Wildman–Crippen LogP) is 2.35. The van der Waals surface area contributed by atoms with E-state index in [-0.39, 0.29) is 17.5 Å². The van der Waals surface area contributed by atoms with E-state index in [1.165, 1.54) is 0 Å². The van der Waals surface area contributed by atoms with Crippen molar-refractivity contribution in [3.63, 3.8) is 0 Å². The van der Waals surface area contributed by atoms with Gasteiger partial charge < -0.3 is 25.0 Å². The summed E-state index contributed by atoms with van der Waals surface area (Å²) in [5, 5.41) is 22.9. The summed E-state index contributed by atoms with van der Waals surface area (Å²) in [6.45, 7) is 0.802. The topological polar surface area (TPSA) is 71.0 Å². The molecule has 0 radical (unpaired) electrons. The van der Waals surface area contributed by atoms with Crippen LogP contribution in [0.15, 0.2) is 30.3 Å². The first-order chi connectivity index (χ1) is 10.6. The van der Waals surface area contributed by atoms with E-state index in [4.69, 9.17) is 9.47 Å². The molecular formula is C17H19NO4. The van der Waals surface area contributed by atoms with Crippen LogP contribution in [-0.2, 0) is 6.42 Å². The molecule has 1 aliphatic rings. The molecular weight excluding hydrogens is 282 g/mol. The highest BCUT2D eigenvalue weighted by Gasteiger charge is 2.24. The minimum atomic E-state index is -0.104. The number of benzene rings is 2. The van der Waals surface area contributed by atoms with Crippen molar-refractivity contribution in [2.75, 3.05) is 20.8 Å². The first-order valence-electron chi connectivity index (χ1n) is 7.14. The van der Waals surface area contributed by atoms with E-state index in [0.717, 1.165) is 29.7 Å². The van der Waals surface area contributed by atoms with Crippen LogP contribution in [0.1, 0.15) is 22.7 Å². The lowest BCUT2D eigenvalue weighted by atomic mass is 9.89. The zero-order valence-corrected chi connectivity index (χ0v) is 12.6. The van der Waals surface area contributed by atoms with Gasteiger partial charge in [-0.25, -0.2) is 0 Å². The van der Waals surface area contributed by atoms with Gasteiger partial charge in [-0.1, -0.05) is 6.07 Å². The van der Waals surface area contributed by atoms with E-state index >= 15 is 0 Å². The lowest BCUT2D eigenvalue weighted by molar-refractivity contribution is 0.354. The Morgan fingerprint density at radius 3 is 2.45 bits per heavy atom. The van der Waals surface area contributed by atoms with Crippen LogP contribution in [0.3, 0.4) is 0 Å². The first kappa shape index (κ1) is 14.5. The molecule has 3 N–H and O–H groups in total. The molecule has 22 heavy (non-hydrogen) atoms. The quantitative estimate of drug-likeness (QED) is 0.759. The average molecular weight is 301 g/mol. The van der Waals surface area contributed by atoms with Gasteiger partial charge in [0.2, 0.25) is 0 Å². The second-order valence-corrected chi connectivity index (χ2v) is 5.29. The molecule has 1 atom stereocenters. The number of hydrogen-bond donors (Lipinski definition) is 3. The molecule has 0 saturated carbocycles. The molecule has 0 spiro atoms. The second kappa shape index (κ2) is 5.77. The molecule has 0 amide bonds. The third-order valence-corrected chi connectivity index (χ3v) is 4.03. The van der Waals surface area contributed by atoms with Crippen LogP contribution < -0.4 is 14.8 Å². The molecule has 0 aliphatic carbocycles. The maximum atomic E-state index is 9.80. The fourth-order valence-electron chi connectivity index (χ4n) is 2.91. The van der Waals surface area contributed by atoms with Gasteiger partial charge in [0.05, 0.1) is 20.3 Å². The van der Waals surface area contributed by atoms with E-state index in [2.05, 4.69) is 5.32 Å². The van der Waals surface area contributed by atoms with Gasteiger partial charge >= 0.3 is 0 Å². The summed E-state index contributed by atoms with van der Waals surface area (Å²) < 4.78 is 10.6. The third kappa shape index (κ3) is 2.44. The first-order valence-corrected chi connectivity index (χ1v) is 7.14. The minimum absolute atomic E-state index is 0.0601. The van der Waals surface area contributed by atoms with Gasteiger partial charge in [0, 0.05) is 6.54 Å². The number of phenols is 2. The molecule has 2 aromatic rings. The molecule has 1 heterocycles. The zero-order chi connectivity index (χ0) is 15.7. The van der Waals surface area contributed by atoms with E-state index in [1.807, 2.05) is 18.2 Å². The summed E-state index contributed by atoms with van der Waals surface area (Å²) in [4.78, 5) is 0. The lowest BCUT2D eigenvalue weighted by Gasteiger charge is -2.28. The van der Waals surface area contributed by atoms with Crippen molar-refractivity contribution in [1.29, 1.82) is 0 Å². The van der Waals surface area contributed by atoms with Gasteiger partial charge in [-0.15, -0.1) is 0 Å². The Balaban J connectivity index is 2.06. The molecule has 0 unspecified atom stereocenters. The molecule has 0 fully saturated rings. The fraction of sp³-hybridized carbons (Fsp3) is 0.294. The van der Waals surface area contributed by atoms with Crippen molar-refractivity contribution in [3.05, 3.63) is 47.0 Å². The van der Waals surface area contributed by atoms with Gasteiger partial charge in [0.1, 0.15) is 0 Å². The van der Waals surface area contributed by atoms with Crippen LogP contribution in [0.4, 0.5) is 0 Å². The molecule has 3 rings (SSSR count). The van der Waals surface area contributed by atoms with Crippen LogP contribution in [0.5, 0.6) is 23.0 Å². The summed E-state index contributed by atoms with van der Waals surface area (Å²) in [5.41, 5.74) is 3.02. The largest absolute Gasteiger partial charge is 0.504 e. The maximum Gasteiger partial charge on any atom is 0.161 e. The Bertz CT molecular complexity index is 699. The van der Waals surface area contributed by atoms with E-state index in [9.17, 15) is 10.2 Å². The van der Waals surface area contributed by atoms with Crippen LogP contribution in [0, 0.1) is 0 Å². The van der Waals surface area contributed by atoms with E-state index in [1.54, 1.807) is 26.4 Å². The van der Waals surface area contributed by atoms with Gasteiger partial charge in [-0.2, -0.15) is 0 Å². The summed E-state index contributed by atoms with van der Waals surface area (Å²) in [6.07, 6.45) is 0.812. The van der Waals surface area contributed by atoms with Crippen LogP contribution in [0.25, 0.3) is 0 Å². The Hall–Kier alpha value is -2.40. The average Bonchev–Trinajstić information content (AvgIpc) is 2.54. The van der Waals surface area contributed by atoms with Crippen molar-refractivity contribution in [3.8, 4) is 23.0 Å². The monoisotopic (exact) mass is 301 g/mol. The van der Waals surface area contributed by atoms with Crippen molar-refractivity contribution >= 4 is 0 Å². The number of ether oxygens (including phenoxy) is 2. The van der Waals surface area contributed by atoms with Crippen LogP contribution >= 0.6 is 0 Å². The van der Waals surface area contributed by atoms with Crippen molar-refractivity contribution in [2.45, 2.75) is 12.5 Å².